The molecule has 0 aliphatic rings. The van der Waals surface area contributed by atoms with Crippen molar-refractivity contribution >= 4 is 29.1 Å². The van der Waals surface area contributed by atoms with Gasteiger partial charge in [-0.25, -0.2) is 9.97 Å². The average Bonchev–Trinajstić information content (AvgIpc) is 2.54. The molecule has 0 saturated heterocycles. The maximum Gasteiger partial charge on any atom is 0.197 e. The molecular weight excluding hydrogens is 298 g/mol. The fourth-order valence-corrected chi connectivity index (χ4v) is 2.01. The van der Waals surface area contributed by atoms with E-state index < -0.39 is 11.8 Å². The Morgan fingerprint density at radius 1 is 1.60 bits per heavy atom. The van der Waals surface area contributed by atoms with Crippen LogP contribution in [-0.4, -0.2) is 22.0 Å². The molecule has 0 spiro atoms. The van der Waals surface area contributed by atoms with Gasteiger partial charge in [0.2, 0.25) is 0 Å². The molecule has 5 nitrogen and oxygen atoms in total. The summed E-state index contributed by atoms with van der Waals surface area (Å²) in [6.07, 6.45) is 2.83. The van der Waals surface area contributed by atoms with Crippen LogP contribution in [0.2, 0.25) is 5.02 Å². The van der Waals surface area contributed by atoms with Gasteiger partial charge in [-0.1, -0.05) is 40.7 Å². The van der Waals surface area contributed by atoms with Crippen molar-refractivity contribution in [2.75, 3.05) is 6.26 Å². The zero-order valence-corrected chi connectivity index (χ0v) is 11.9. The molecule has 0 aliphatic carbocycles. The van der Waals surface area contributed by atoms with Crippen molar-refractivity contribution in [3.05, 3.63) is 57.7 Å². The normalized spacial score (nSPS) is 14.9. The zero-order valence-electron chi connectivity index (χ0n) is 12.3. The molecule has 20 heavy (non-hydrogen) atoms. The van der Waals surface area contributed by atoms with Crippen LogP contribution in [0.1, 0.15) is 24.8 Å². The van der Waals surface area contributed by atoms with Gasteiger partial charge in [0.1, 0.15) is 0 Å². The number of Topliss-reactive ketones (excluding diaryl/α,β-unsaturated/α-hetero) is 1. The van der Waals surface area contributed by atoms with Crippen molar-refractivity contribution < 1.29 is 7.54 Å². The zero-order chi connectivity index (χ0) is 16.3. The van der Waals surface area contributed by atoms with Crippen LogP contribution >= 0.6 is 23.4 Å². The molecule has 2 rings (SSSR count). The molecule has 1 unspecified atom stereocenters. The van der Waals surface area contributed by atoms with Crippen LogP contribution in [0.15, 0.2) is 46.8 Å². The summed E-state index contributed by atoms with van der Waals surface area (Å²) in [5.74, 6) is -0.899. The quantitative estimate of drug-likeness (QED) is 0.365. The maximum absolute atomic E-state index is 12.5. The second-order valence-corrected chi connectivity index (χ2v) is 4.84. The summed E-state index contributed by atoms with van der Waals surface area (Å²) in [6.45, 7) is 0. The largest absolute Gasteiger partial charge is 0.291 e. The molecule has 0 amide bonds. The lowest BCUT2D eigenvalue weighted by Gasteiger charge is -2.08. The monoisotopic (exact) mass is 309 g/mol. The lowest BCUT2D eigenvalue weighted by atomic mass is 10.0. The summed E-state index contributed by atoms with van der Waals surface area (Å²) in [4.78, 5) is 31.5. The summed E-state index contributed by atoms with van der Waals surface area (Å²) in [7, 11) is 0. The van der Waals surface area contributed by atoms with Crippen LogP contribution in [0, 0.1) is 4.91 Å². The van der Waals surface area contributed by atoms with Crippen LogP contribution in [0.25, 0.3) is 0 Å². The number of nitrogens with zero attached hydrogens (tertiary/aromatic N) is 3. The van der Waals surface area contributed by atoms with Gasteiger partial charge in [0.15, 0.2) is 17.0 Å². The van der Waals surface area contributed by atoms with E-state index >= 15 is 0 Å². The van der Waals surface area contributed by atoms with Crippen LogP contribution in [-0.2, 0) is 0 Å². The minimum Gasteiger partial charge on any atom is -0.291 e. The lowest BCUT2D eigenvalue weighted by molar-refractivity contribution is 0.0960. The fraction of sp³-hybridized carbons (Fsp3) is 0.154. The molecule has 1 aromatic heterocycles. The number of hydrogen-bond donors (Lipinski definition) is 0. The number of nitroso groups, excluding NO2 is 1. The Hall–Kier alpha value is -1.79. The number of ketones is 1. The van der Waals surface area contributed by atoms with Gasteiger partial charge < -0.3 is 0 Å². The van der Waals surface area contributed by atoms with Gasteiger partial charge in [-0.15, -0.1) is 4.91 Å². The van der Waals surface area contributed by atoms with Gasteiger partial charge in [-0.05, 0) is 24.4 Å². The average molecular weight is 310 g/mol. The number of carbonyl (C=O) groups is 1. The highest BCUT2D eigenvalue weighted by atomic mass is 35.5. The molecule has 1 heterocycles. The summed E-state index contributed by atoms with van der Waals surface area (Å²) in [5.41, 5.74) is -0.308. The summed E-state index contributed by atoms with van der Waals surface area (Å²) in [5, 5.41) is 3.17. The van der Waals surface area contributed by atoms with Gasteiger partial charge >= 0.3 is 0 Å². The van der Waals surface area contributed by atoms with E-state index in [4.69, 9.17) is 14.3 Å². The highest BCUT2D eigenvalue weighted by Crippen LogP contribution is 2.23. The minimum atomic E-state index is -2.56. The van der Waals surface area contributed by atoms with E-state index in [1.807, 2.05) is 0 Å². The maximum atomic E-state index is 12.5. The highest BCUT2D eigenvalue weighted by Gasteiger charge is 2.25. The molecule has 0 fully saturated rings. The van der Waals surface area contributed by atoms with Gasteiger partial charge in [0.25, 0.3) is 0 Å². The van der Waals surface area contributed by atoms with Gasteiger partial charge in [-0.2, -0.15) is 0 Å². The fourth-order valence-electron chi connectivity index (χ4n) is 1.48. The first-order valence-electron chi connectivity index (χ1n) is 6.45. The number of carbonyl (C=O) groups excluding carboxylic acids is 1. The highest BCUT2D eigenvalue weighted by molar-refractivity contribution is 7.98. The number of rotatable bonds is 5. The first-order chi connectivity index (χ1) is 10.4. The van der Waals surface area contributed by atoms with E-state index in [1.54, 1.807) is 12.3 Å². The number of benzene rings is 1. The van der Waals surface area contributed by atoms with Gasteiger partial charge in [0, 0.05) is 16.8 Å². The topological polar surface area (TPSA) is 72.3 Å². The lowest BCUT2D eigenvalue weighted by Crippen LogP contribution is -2.12. The van der Waals surface area contributed by atoms with Crippen molar-refractivity contribution in [3.8, 4) is 0 Å². The predicted molar refractivity (Wildman–Crippen MR) is 78.1 cm³/mol. The number of hydrogen-bond acceptors (Lipinski definition) is 6. The second kappa shape index (κ2) is 6.58. The Morgan fingerprint density at radius 3 is 3.05 bits per heavy atom. The third kappa shape index (κ3) is 3.20. The second-order valence-electron chi connectivity index (χ2n) is 3.63. The Kier molecular flexibility index (Phi) is 3.95. The smallest absolute Gasteiger partial charge is 0.197 e. The number of aromatic nitrogens is 2. The predicted octanol–water partition coefficient (Wildman–Crippen LogP) is 3.54. The number of thioether (sulfide) groups is 1. The van der Waals surface area contributed by atoms with Crippen LogP contribution < -0.4 is 0 Å². The standard InChI is InChI=1S/C13H10ClN3O2S/c1-20-13-15-6-5-10(16-13)11(17-19)12(18)8-3-2-4-9(14)7-8/h2-7,11H,1H3/i5D,11D. The molecule has 1 aromatic carbocycles. The summed E-state index contributed by atoms with van der Waals surface area (Å²) in [6, 6.07) is 2.97. The first kappa shape index (κ1) is 12.0. The van der Waals surface area contributed by atoms with Crippen molar-refractivity contribution in [2.24, 2.45) is 5.18 Å². The van der Waals surface area contributed by atoms with Crippen molar-refractivity contribution in [3.63, 3.8) is 0 Å². The Labute approximate surface area is 127 Å². The molecular formula is C13H10ClN3O2S. The van der Waals surface area contributed by atoms with Crippen LogP contribution in [0.4, 0.5) is 0 Å². The summed E-state index contributed by atoms with van der Waals surface area (Å²) < 4.78 is 15.9. The summed E-state index contributed by atoms with van der Waals surface area (Å²) >= 11 is 6.98. The van der Waals surface area contributed by atoms with Crippen LogP contribution in [0.3, 0.4) is 0 Å². The molecule has 0 bridgehead atoms. The van der Waals surface area contributed by atoms with E-state index in [2.05, 4.69) is 15.1 Å². The molecule has 0 aliphatic heterocycles. The third-order valence-electron chi connectivity index (χ3n) is 2.38. The molecule has 0 radical (unpaired) electrons. The molecule has 2 aromatic rings. The van der Waals surface area contributed by atoms with E-state index in [9.17, 15) is 9.70 Å². The van der Waals surface area contributed by atoms with E-state index in [-0.39, 0.29) is 27.5 Å². The Balaban J connectivity index is 2.57. The van der Waals surface area contributed by atoms with E-state index in [1.165, 1.54) is 18.2 Å². The van der Waals surface area contributed by atoms with Crippen molar-refractivity contribution in [1.82, 2.24) is 9.97 Å². The molecule has 102 valence electrons. The van der Waals surface area contributed by atoms with E-state index in [0.717, 1.165) is 18.0 Å². The minimum absolute atomic E-state index is 0.0470. The van der Waals surface area contributed by atoms with Crippen LogP contribution in [0.5, 0.6) is 0 Å². The molecule has 0 N–H and O–H groups in total. The Bertz CT molecular complexity index is 747. The van der Waals surface area contributed by atoms with Crippen molar-refractivity contribution in [2.45, 2.75) is 11.2 Å². The number of halogens is 1. The first-order valence-corrected chi connectivity index (χ1v) is 7.05. The van der Waals surface area contributed by atoms with E-state index in [0.29, 0.717) is 0 Å². The van der Waals surface area contributed by atoms with Crippen molar-refractivity contribution in [1.29, 1.82) is 0 Å². The van der Waals surface area contributed by atoms with Gasteiger partial charge in [0.05, 0.1) is 8.44 Å². The SMILES string of the molecule is [2H]c1cnc(SC)nc1C([2H])(N=O)C(=O)c1cccc(Cl)c1. The molecule has 7 heteroatoms. The molecule has 0 saturated carbocycles. The third-order valence-corrected chi connectivity index (χ3v) is 3.18. The Morgan fingerprint density at radius 2 is 2.40 bits per heavy atom. The van der Waals surface area contributed by atoms with Gasteiger partial charge in [-0.3, -0.25) is 4.79 Å². The molecule has 1 atom stereocenters.